The highest BCUT2D eigenvalue weighted by Gasteiger charge is 2.26. The van der Waals surface area contributed by atoms with Crippen molar-refractivity contribution in [1.29, 1.82) is 0 Å². The molecule has 0 N–H and O–H groups in total. The number of aromatic nitrogens is 3. The van der Waals surface area contributed by atoms with Crippen molar-refractivity contribution < 1.29 is 18.8 Å². The number of methoxy groups -OCH3 is 1. The van der Waals surface area contributed by atoms with E-state index in [2.05, 4.69) is 15.1 Å². The van der Waals surface area contributed by atoms with Crippen LogP contribution in [-0.2, 0) is 11.2 Å². The molecule has 2 aromatic heterocycles. The van der Waals surface area contributed by atoms with E-state index in [0.717, 1.165) is 30.6 Å². The van der Waals surface area contributed by atoms with Crippen molar-refractivity contribution >= 4 is 5.91 Å². The van der Waals surface area contributed by atoms with Crippen molar-refractivity contribution in [2.75, 3.05) is 20.2 Å². The number of carbonyl (C=O) groups excluding carboxylic acids is 1. The van der Waals surface area contributed by atoms with E-state index in [1.54, 1.807) is 6.20 Å². The van der Waals surface area contributed by atoms with E-state index in [1.165, 1.54) is 13.3 Å². The molecule has 2 aromatic rings. The number of hydrogen-bond donors (Lipinski definition) is 0. The van der Waals surface area contributed by atoms with Gasteiger partial charge in [0.1, 0.15) is 11.9 Å². The van der Waals surface area contributed by atoms with Gasteiger partial charge in [0.05, 0.1) is 38.2 Å². The van der Waals surface area contributed by atoms with Gasteiger partial charge in [-0.25, -0.2) is 0 Å². The Balaban J connectivity index is 1.61. The van der Waals surface area contributed by atoms with Gasteiger partial charge in [-0.2, -0.15) is 4.98 Å². The van der Waals surface area contributed by atoms with Crippen molar-refractivity contribution in [3.8, 4) is 11.8 Å². The number of rotatable bonds is 5. The van der Waals surface area contributed by atoms with E-state index in [1.807, 2.05) is 18.7 Å². The molecule has 1 fully saturated rings. The molecule has 8 heteroatoms. The van der Waals surface area contributed by atoms with Crippen LogP contribution in [0.1, 0.15) is 29.9 Å². The molecule has 0 saturated carbocycles. The summed E-state index contributed by atoms with van der Waals surface area (Å²) in [4.78, 5) is 22.7. The van der Waals surface area contributed by atoms with Gasteiger partial charge in [-0.15, -0.1) is 0 Å². The lowest BCUT2D eigenvalue weighted by molar-refractivity contribution is -0.133. The summed E-state index contributed by atoms with van der Waals surface area (Å²) in [6, 6.07) is 0. The molecule has 0 radical (unpaired) electrons. The third-order valence-electron chi connectivity index (χ3n) is 4.33. The maximum atomic E-state index is 12.6. The number of hydrogen-bond acceptors (Lipinski definition) is 7. The van der Waals surface area contributed by atoms with Gasteiger partial charge in [-0.05, 0) is 26.7 Å². The second-order valence-electron chi connectivity index (χ2n) is 6.10. The minimum atomic E-state index is -0.108. The highest BCUT2D eigenvalue weighted by Crippen LogP contribution is 2.20. The third-order valence-corrected chi connectivity index (χ3v) is 4.33. The zero-order chi connectivity index (χ0) is 17.8. The van der Waals surface area contributed by atoms with Crippen molar-refractivity contribution in [3.05, 3.63) is 29.4 Å². The SMILES string of the molecule is COc1cncc(O[C@@H]2CCCN(C(=O)Cc3c(C)noc3C)C2)n1. The molecular formula is C17H22N4O4. The van der Waals surface area contributed by atoms with Gasteiger partial charge in [0, 0.05) is 12.1 Å². The number of carbonyl (C=O) groups is 1. The Labute approximate surface area is 146 Å². The fourth-order valence-electron chi connectivity index (χ4n) is 2.94. The lowest BCUT2D eigenvalue weighted by atomic mass is 10.1. The summed E-state index contributed by atoms with van der Waals surface area (Å²) >= 11 is 0. The van der Waals surface area contributed by atoms with Crippen molar-refractivity contribution in [3.63, 3.8) is 0 Å². The molecule has 0 aromatic carbocycles. The maximum Gasteiger partial charge on any atom is 0.235 e. The lowest BCUT2D eigenvalue weighted by Crippen LogP contribution is -2.45. The van der Waals surface area contributed by atoms with Crippen LogP contribution in [0.3, 0.4) is 0 Å². The Morgan fingerprint density at radius 1 is 1.36 bits per heavy atom. The van der Waals surface area contributed by atoms with Crippen LogP contribution < -0.4 is 9.47 Å². The first-order valence-corrected chi connectivity index (χ1v) is 8.29. The average Bonchev–Trinajstić information content (AvgIpc) is 2.94. The van der Waals surface area contributed by atoms with Crippen LogP contribution in [0.5, 0.6) is 11.8 Å². The lowest BCUT2D eigenvalue weighted by Gasteiger charge is -2.32. The Kier molecular flexibility index (Phi) is 5.16. The molecule has 1 amide bonds. The van der Waals surface area contributed by atoms with Gasteiger partial charge in [0.15, 0.2) is 0 Å². The Hall–Kier alpha value is -2.64. The standard InChI is InChI=1S/C17H22N4O4/c1-11-14(12(2)25-20-11)7-17(22)21-6-4-5-13(10-21)24-16-9-18-8-15(19-16)23-3/h8-9,13H,4-7,10H2,1-3H3/t13-/m1/s1. The smallest absolute Gasteiger partial charge is 0.235 e. The molecule has 8 nitrogen and oxygen atoms in total. The first-order chi connectivity index (χ1) is 12.1. The van der Waals surface area contributed by atoms with E-state index in [0.29, 0.717) is 30.5 Å². The van der Waals surface area contributed by atoms with Gasteiger partial charge in [0.2, 0.25) is 17.7 Å². The van der Waals surface area contributed by atoms with Gasteiger partial charge in [-0.3, -0.25) is 9.78 Å². The normalized spacial score (nSPS) is 17.4. The molecule has 25 heavy (non-hydrogen) atoms. The molecule has 134 valence electrons. The number of piperidine rings is 1. The quantitative estimate of drug-likeness (QED) is 0.814. The Morgan fingerprint density at radius 2 is 2.16 bits per heavy atom. The van der Waals surface area contributed by atoms with Crippen LogP contribution in [-0.4, -0.2) is 52.2 Å². The molecule has 1 saturated heterocycles. The molecule has 1 atom stereocenters. The van der Waals surface area contributed by atoms with Gasteiger partial charge < -0.3 is 18.9 Å². The fraction of sp³-hybridized carbons (Fsp3) is 0.529. The molecular weight excluding hydrogens is 324 g/mol. The minimum Gasteiger partial charge on any atom is -0.480 e. The second kappa shape index (κ2) is 7.50. The van der Waals surface area contributed by atoms with Crippen LogP contribution in [0, 0.1) is 13.8 Å². The van der Waals surface area contributed by atoms with E-state index in [4.69, 9.17) is 14.0 Å². The maximum absolute atomic E-state index is 12.6. The molecule has 3 rings (SSSR count). The summed E-state index contributed by atoms with van der Waals surface area (Å²) in [7, 11) is 1.53. The monoisotopic (exact) mass is 346 g/mol. The fourth-order valence-corrected chi connectivity index (χ4v) is 2.94. The van der Waals surface area contributed by atoms with Crippen molar-refractivity contribution in [2.45, 2.75) is 39.2 Å². The van der Waals surface area contributed by atoms with Crippen LogP contribution in [0.4, 0.5) is 0 Å². The summed E-state index contributed by atoms with van der Waals surface area (Å²) in [5.74, 6) is 1.56. The summed E-state index contributed by atoms with van der Waals surface area (Å²) in [5.41, 5.74) is 1.63. The summed E-state index contributed by atoms with van der Waals surface area (Å²) in [6.07, 6.45) is 5.01. The number of nitrogens with zero attached hydrogens (tertiary/aromatic N) is 4. The van der Waals surface area contributed by atoms with E-state index < -0.39 is 0 Å². The van der Waals surface area contributed by atoms with Crippen molar-refractivity contribution in [2.24, 2.45) is 0 Å². The van der Waals surface area contributed by atoms with E-state index >= 15 is 0 Å². The highest BCUT2D eigenvalue weighted by molar-refractivity contribution is 5.79. The van der Waals surface area contributed by atoms with Gasteiger partial charge in [-0.1, -0.05) is 5.16 Å². The molecule has 1 aliphatic heterocycles. The minimum absolute atomic E-state index is 0.0550. The van der Waals surface area contributed by atoms with Crippen LogP contribution in [0.15, 0.2) is 16.9 Å². The third kappa shape index (κ3) is 4.07. The number of amides is 1. The van der Waals surface area contributed by atoms with Crippen LogP contribution in [0.2, 0.25) is 0 Å². The van der Waals surface area contributed by atoms with Gasteiger partial charge in [0.25, 0.3) is 0 Å². The molecule has 0 unspecified atom stereocenters. The average molecular weight is 346 g/mol. The van der Waals surface area contributed by atoms with E-state index in [-0.39, 0.29) is 12.0 Å². The topological polar surface area (TPSA) is 90.6 Å². The summed E-state index contributed by atoms with van der Waals surface area (Å²) in [6.45, 7) is 4.93. The highest BCUT2D eigenvalue weighted by atomic mass is 16.5. The summed E-state index contributed by atoms with van der Waals surface area (Å²) in [5, 5.41) is 3.90. The Morgan fingerprint density at radius 3 is 2.88 bits per heavy atom. The van der Waals surface area contributed by atoms with E-state index in [9.17, 15) is 4.79 Å². The number of likely N-dealkylation sites (tertiary alicyclic amines) is 1. The zero-order valence-electron chi connectivity index (χ0n) is 14.7. The second-order valence-corrected chi connectivity index (χ2v) is 6.10. The predicted octanol–water partition coefficient (Wildman–Crippen LogP) is 1.70. The largest absolute Gasteiger partial charge is 0.480 e. The van der Waals surface area contributed by atoms with Crippen molar-refractivity contribution in [1.82, 2.24) is 20.0 Å². The molecule has 0 aliphatic carbocycles. The van der Waals surface area contributed by atoms with Crippen LogP contribution >= 0.6 is 0 Å². The summed E-state index contributed by atoms with van der Waals surface area (Å²) < 4.78 is 16.1. The zero-order valence-corrected chi connectivity index (χ0v) is 14.7. The van der Waals surface area contributed by atoms with Gasteiger partial charge >= 0.3 is 0 Å². The molecule has 1 aliphatic rings. The number of ether oxygens (including phenoxy) is 2. The van der Waals surface area contributed by atoms with Crippen LogP contribution in [0.25, 0.3) is 0 Å². The first kappa shape index (κ1) is 17.2. The molecule has 0 bridgehead atoms. The first-order valence-electron chi connectivity index (χ1n) is 8.29. The Bertz CT molecular complexity index is 726. The number of aryl methyl sites for hydroxylation is 2. The predicted molar refractivity (Wildman–Crippen MR) is 88.5 cm³/mol. The molecule has 0 spiro atoms. The molecule has 3 heterocycles.